The Balaban J connectivity index is 1.83. The van der Waals surface area contributed by atoms with Crippen molar-refractivity contribution >= 4 is 33.1 Å². The number of anilines is 1. The quantitative estimate of drug-likeness (QED) is 0.558. The molecule has 1 aliphatic rings. The highest BCUT2D eigenvalue weighted by Crippen LogP contribution is 2.32. The standard InChI is InChI=1S/C23H26N4O2S/c1-4-13-26(23-24-18-11-7-8-12-19(18)30-23)22(29)20-16-9-5-6-10-17(16)21(28)27(25-20)14-15(2)3/h4-6,9-10,15H,1,7-8,11-14H2,2-3H3. The van der Waals surface area contributed by atoms with E-state index in [1.807, 2.05) is 26.0 Å². The number of carbonyl (C=O) groups excluding carboxylic acids is 1. The zero-order valence-electron chi connectivity index (χ0n) is 17.4. The van der Waals surface area contributed by atoms with Gasteiger partial charge in [0, 0.05) is 23.4 Å². The number of amides is 1. The molecule has 7 heteroatoms. The van der Waals surface area contributed by atoms with E-state index >= 15 is 0 Å². The highest BCUT2D eigenvalue weighted by atomic mass is 32.1. The molecule has 0 saturated heterocycles. The Hall–Kier alpha value is -2.80. The van der Waals surface area contributed by atoms with Gasteiger partial charge in [0.1, 0.15) is 0 Å². The fourth-order valence-electron chi connectivity index (χ4n) is 3.82. The summed E-state index contributed by atoms with van der Waals surface area (Å²) in [5.74, 6) is -0.0241. The third-order valence-corrected chi connectivity index (χ3v) is 6.41. The Bertz CT molecular complexity index is 1140. The normalized spacial score (nSPS) is 13.4. The van der Waals surface area contributed by atoms with E-state index in [-0.39, 0.29) is 23.1 Å². The molecule has 0 N–H and O–H groups in total. The maximum absolute atomic E-state index is 13.7. The van der Waals surface area contributed by atoms with Crippen LogP contribution in [0.5, 0.6) is 0 Å². The van der Waals surface area contributed by atoms with Crippen molar-refractivity contribution in [1.29, 1.82) is 0 Å². The Morgan fingerprint density at radius 1 is 1.27 bits per heavy atom. The molecule has 30 heavy (non-hydrogen) atoms. The van der Waals surface area contributed by atoms with Gasteiger partial charge in [0.2, 0.25) is 0 Å². The summed E-state index contributed by atoms with van der Waals surface area (Å²) in [6.45, 7) is 8.66. The number of aromatic nitrogens is 3. The van der Waals surface area contributed by atoms with Gasteiger partial charge in [0.15, 0.2) is 10.8 Å². The van der Waals surface area contributed by atoms with Crippen molar-refractivity contribution < 1.29 is 4.79 Å². The number of hydrogen-bond donors (Lipinski definition) is 0. The molecule has 0 atom stereocenters. The number of fused-ring (bicyclic) bond motifs is 2. The summed E-state index contributed by atoms with van der Waals surface area (Å²) in [5, 5.41) is 6.27. The largest absolute Gasteiger partial charge is 0.281 e. The van der Waals surface area contributed by atoms with E-state index in [1.165, 1.54) is 9.56 Å². The molecule has 4 rings (SSSR count). The monoisotopic (exact) mass is 422 g/mol. The van der Waals surface area contributed by atoms with Crippen LogP contribution in [0.25, 0.3) is 10.8 Å². The van der Waals surface area contributed by atoms with Gasteiger partial charge in [-0.1, -0.05) is 38.1 Å². The van der Waals surface area contributed by atoms with Gasteiger partial charge in [-0.25, -0.2) is 9.67 Å². The molecule has 1 amide bonds. The highest BCUT2D eigenvalue weighted by Gasteiger charge is 2.27. The third-order valence-electron chi connectivity index (χ3n) is 5.23. The Kier molecular flexibility index (Phi) is 5.81. The molecule has 6 nitrogen and oxygen atoms in total. The lowest BCUT2D eigenvalue weighted by Crippen LogP contribution is -2.35. The molecular weight excluding hydrogens is 396 g/mol. The van der Waals surface area contributed by atoms with Crippen LogP contribution in [0.15, 0.2) is 41.7 Å². The van der Waals surface area contributed by atoms with Gasteiger partial charge < -0.3 is 0 Å². The van der Waals surface area contributed by atoms with Crippen LogP contribution in [-0.4, -0.2) is 27.2 Å². The van der Waals surface area contributed by atoms with Crippen molar-refractivity contribution in [1.82, 2.24) is 14.8 Å². The smallest absolute Gasteiger partial charge is 0.279 e. The van der Waals surface area contributed by atoms with E-state index in [0.717, 1.165) is 31.4 Å². The molecule has 0 spiro atoms. The molecule has 0 saturated carbocycles. The first-order valence-electron chi connectivity index (χ1n) is 10.4. The van der Waals surface area contributed by atoms with Crippen molar-refractivity contribution in [2.24, 2.45) is 5.92 Å². The van der Waals surface area contributed by atoms with Gasteiger partial charge in [-0.2, -0.15) is 5.10 Å². The van der Waals surface area contributed by atoms with Crippen molar-refractivity contribution in [3.63, 3.8) is 0 Å². The number of carbonyl (C=O) groups is 1. The van der Waals surface area contributed by atoms with Crippen molar-refractivity contribution in [2.45, 2.75) is 46.1 Å². The van der Waals surface area contributed by atoms with E-state index in [0.29, 0.717) is 29.0 Å². The number of nitrogens with zero attached hydrogens (tertiary/aromatic N) is 4. The summed E-state index contributed by atoms with van der Waals surface area (Å²) in [6.07, 6.45) is 5.98. The minimum atomic E-state index is -0.255. The van der Waals surface area contributed by atoms with Crippen molar-refractivity contribution in [3.8, 4) is 0 Å². The summed E-state index contributed by atoms with van der Waals surface area (Å²) < 4.78 is 1.42. The van der Waals surface area contributed by atoms with Crippen molar-refractivity contribution in [3.05, 3.63) is 63.5 Å². The lowest BCUT2D eigenvalue weighted by molar-refractivity contribution is 0.0984. The molecule has 2 heterocycles. The SMILES string of the molecule is C=CCN(C(=O)c1nn(CC(C)C)c(=O)c2ccccc12)c1nc2c(s1)CCCC2. The average molecular weight is 423 g/mol. The van der Waals surface area contributed by atoms with Crippen LogP contribution >= 0.6 is 11.3 Å². The molecule has 0 bridgehead atoms. The number of benzene rings is 1. The fourth-order valence-corrected chi connectivity index (χ4v) is 4.98. The fraction of sp³-hybridized carbons (Fsp3) is 0.391. The lowest BCUT2D eigenvalue weighted by Gasteiger charge is -2.19. The zero-order chi connectivity index (χ0) is 21.3. The molecule has 3 aromatic rings. The number of aryl methyl sites for hydroxylation is 2. The van der Waals surface area contributed by atoms with Crippen LogP contribution in [0.4, 0.5) is 5.13 Å². The van der Waals surface area contributed by atoms with Crippen molar-refractivity contribution in [2.75, 3.05) is 11.4 Å². The second-order valence-electron chi connectivity index (χ2n) is 8.05. The molecule has 1 aromatic carbocycles. The predicted molar refractivity (Wildman–Crippen MR) is 121 cm³/mol. The van der Waals surface area contributed by atoms with Crippen LogP contribution in [0.1, 0.15) is 47.7 Å². The van der Waals surface area contributed by atoms with Crippen LogP contribution in [0.2, 0.25) is 0 Å². The molecular formula is C23H26N4O2S. The van der Waals surface area contributed by atoms with Gasteiger partial charge in [-0.15, -0.1) is 17.9 Å². The Morgan fingerprint density at radius 2 is 2.00 bits per heavy atom. The van der Waals surface area contributed by atoms with Gasteiger partial charge in [-0.05, 0) is 37.7 Å². The maximum Gasteiger partial charge on any atom is 0.281 e. The Labute approximate surface area is 179 Å². The van der Waals surface area contributed by atoms with Crippen LogP contribution in [-0.2, 0) is 19.4 Å². The zero-order valence-corrected chi connectivity index (χ0v) is 18.2. The summed E-state index contributed by atoms with van der Waals surface area (Å²) in [6, 6.07) is 7.18. The highest BCUT2D eigenvalue weighted by molar-refractivity contribution is 7.16. The van der Waals surface area contributed by atoms with E-state index in [4.69, 9.17) is 4.98 Å². The number of hydrogen-bond acceptors (Lipinski definition) is 5. The number of thiazole rings is 1. The van der Waals surface area contributed by atoms with Gasteiger partial charge in [0.05, 0.1) is 11.1 Å². The molecule has 0 unspecified atom stereocenters. The van der Waals surface area contributed by atoms with Crippen LogP contribution in [0.3, 0.4) is 0 Å². The first kappa shape index (κ1) is 20.5. The van der Waals surface area contributed by atoms with Crippen LogP contribution < -0.4 is 10.5 Å². The molecule has 0 radical (unpaired) electrons. The molecule has 156 valence electrons. The predicted octanol–water partition coefficient (Wildman–Crippen LogP) is 4.22. The second kappa shape index (κ2) is 8.52. The minimum absolute atomic E-state index is 0.171. The topological polar surface area (TPSA) is 68.1 Å². The van der Waals surface area contributed by atoms with Gasteiger partial charge in [0.25, 0.3) is 11.5 Å². The summed E-state index contributed by atoms with van der Waals surface area (Å²) in [7, 11) is 0. The van der Waals surface area contributed by atoms with Crippen LogP contribution in [0, 0.1) is 5.92 Å². The van der Waals surface area contributed by atoms with E-state index in [2.05, 4.69) is 11.7 Å². The van der Waals surface area contributed by atoms with E-state index in [9.17, 15) is 9.59 Å². The summed E-state index contributed by atoms with van der Waals surface area (Å²) in [5.41, 5.74) is 1.21. The summed E-state index contributed by atoms with van der Waals surface area (Å²) in [4.78, 5) is 34.2. The number of rotatable bonds is 6. The minimum Gasteiger partial charge on any atom is -0.279 e. The maximum atomic E-state index is 13.7. The second-order valence-corrected chi connectivity index (χ2v) is 9.12. The van der Waals surface area contributed by atoms with Gasteiger partial charge >= 0.3 is 0 Å². The Morgan fingerprint density at radius 3 is 2.70 bits per heavy atom. The molecule has 0 fully saturated rings. The summed E-state index contributed by atoms with van der Waals surface area (Å²) >= 11 is 1.58. The third kappa shape index (κ3) is 3.81. The lowest BCUT2D eigenvalue weighted by atomic mass is 10.0. The van der Waals surface area contributed by atoms with E-state index in [1.54, 1.807) is 34.4 Å². The first-order chi connectivity index (χ1) is 14.5. The molecule has 1 aliphatic carbocycles. The molecule has 0 aliphatic heterocycles. The van der Waals surface area contributed by atoms with E-state index < -0.39 is 0 Å². The van der Waals surface area contributed by atoms with Gasteiger partial charge in [-0.3, -0.25) is 14.5 Å². The first-order valence-corrected chi connectivity index (χ1v) is 11.2. The molecule has 2 aromatic heterocycles. The average Bonchev–Trinajstić information content (AvgIpc) is 3.17.